The molecule has 0 amide bonds. The van der Waals surface area contributed by atoms with Crippen LogP contribution in [0.2, 0.25) is 0 Å². The quantitative estimate of drug-likeness (QED) is 0.0452. The van der Waals surface area contributed by atoms with Crippen LogP contribution in [0.3, 0.4) is 0 Å². The van der Waals surface area contributed by atoms with Gasteiger partial charge in [-0.25, -0.2) is 26.1 Å². The largest absolute Gasteiger partial charge is 0.744 e. The molecule has 0 radical (unpaired) electrons. The zero-order valence-corrected chi connectivity index (χ0v) is 33.4. The molecule has 2 aliphatic rings. The van der Waals surface area contributed by atoms with Gasteiger partial charge in [0.15, 0.2) is 0 Å². The number of carboxylic acids is 1. The Morgan fingerprint density at radius 3 is 1.96 bits per heavy atom. The fourth-order valence-electron chi connectivity index (χ4n) is 6.06. The first-order valence-electron chi connectivity index (χ1n) is 18.3. The van der Waals surface area contributed by atoms with Crippen molar-refractivity contribution < 1.29 is 54.7 Å². The maximum atomic E-state index is 13.3. The van der Waals surface area contributed by atoms with Crippen LogP contribution >= 0.6 is 0 Å². The Labute approximate surface area is 322 Å². The highest BCUT2D eigenvalue weighted by atomic mass is 32.2. The minimum atomic E-state index is -5.18. The summed E-state index contributed by atoms with van der Waals surface area (Å²) in [6.45, 7) is 12.8. The van der Waals surface area contributed by atoms with Gasteiger partial charge in [0.2, 0.25) is 15.4 Å². The second-order valence-electron chi connectivity index (χ2n) is 12.3. The number of aliphatic carboxylic acids is 1. The maximum absolute atomic E-state index is 13.3. The van der Waals surface area contributed by atoms with Gasteiger partial charge in [-0.3, -0.25) is 4.79 Å². The summed E-state index contributed by atoms with van der Waals surface area (Å²) in [6, 6.07) is 14.8. The van der Waals surface area contributed by atoms with Crippen LogP contribution in [0.15, 0.2) is 68.8 Å². The van der Waals surface area contributed by atoms with Gasteiger partial charge in [0, 0.05) is 59.5 Å². The van der Waals surface area contributed by atoms with Gasteiger partial charge < -0.3 is 37.9 Å². The summed E-state index contributed by atoms with van der Waals surface area (Å²) in [7, 11) is -9.42. The van der Waals surface area contributed by atoms with Crippen molar-refractivity contribution in [3.63, 3.8) is 0 Å². The molecule has 55 heavy (non-hydrogen) atoms. The molecule has 1 heterocycles. The SMILES string of the molecule is CCN(CC)c1ccc2c(-c3ccc(S(=O)(=O)NCCOCCOCCOCCOCCC(=O)O)cc3S(=O)(=O)[O-])c3ccc(=[N+](CC)CC)cc-3oc2c1. The first-order chi connectivity index (χ1) is 26.3. The maximum Gasteiger partial charge on any atom is 0.305 e. The third-order valence-electron chi connectivity index (χ3n) is 8.86. The minimum Gasteiger partial charge on any atom is -0.744 e. The molecular weight excluding hydrogens is 755 g/mol. The first-order valence-corrected chi connectivity index (χ1v) is 21.2. The molecule has 15 nitrogen and oxygen atoms in total. The van der Waals surface area contributed by atoms with E-state index in [1.807, 2.05) is 64.1 Å². The van der Waals surface area contributed by atoms with E-state index >= 15 is 0 Å². The lowest BCUT2D eigenvalue weighted by Crippen LogP contribution is -2.29. The topological polar surface area (TPSA) is 197 Å². The molecule has 1 aliphatic heterocycles. The van der Waals surface area contributed by atoms with Crippen LogP contribution in [0.1, 0.15) is 34.1 Å². The molecule has 0 saturated heterocycles. The Morgan fingerprint density at radius 1 is 0.782 bits per heavy atom. The van der Waals surface area contributed by atoms with Crippen LogP contribution in [0.5, 0.6) is 0 Å². The number of nitrogens with zero attached hydrogens (tertiary/aromatic N) is 2. The summed E-state index contributed by atoms with van der Waals surface area (Å²) >= 11 is 0. The van der Waals surface area contributed by atoms with Crippen molar-refractivity contribution in [3.8, 4) is 22.5 Å². The first kappa shape index (κ1) is 43.8. The van der Waals surface area contributed by atoms with E-state index in [4.69, 9.17) is 28.5 Å². The van der Waals surface area contributed by atoms with Gasteiger partial charge in [0.1, 0.15) is 34.6 Å². The molecule has 0 saturated carbocycles. The van der Waals surface area contributed by atoms with Crippen molar-refractivity contribution in [2.75, 3.05) is 90.5 Å². The summed E-state index contributed by atoms with van der Waals surface area (Å²) in [5.41, 5.74) is 2.44. The fourth-order valence-corrected chi connectivity index (χ4v) is 7.89. The number of sulfonamides is 1. The molecule has 2 aromatic carbocycles. The van der Waals surface area contributed by atoms with E-state index < -0.39 is 31.0 Å². The number of nitrogens with one attached hydrogen (secondary N) is 1. The molecule has 1 aliphatic carbocycles. The summed E-state index contributed by atoms with van der Waals surface area (Å²) in [6.07, 6.45) is -0.0663. The Kier molecular flexibility index (Phi) is 16.6. The smallest absolute Gasteiger partial charge is 0.305 e. The zero-order valence-electron chi connectivity index (χ0n) is 31.7. The number of carboxylic acid groups (broad SMARTS) is 1. The van der Waals surface area contributed by atoms with E-state index in [0.717, 1.165) is 43.3 Å². The van der Waals surface area contributed by atoms with Crippen LogP contribution in [-0.2, 0) is 43.9 Å². The van der Waals surface area contributed by atoms with E-state index in [9.17, 15) is 26.2 Å². The lowest BCUT2D eigenvalue weighted by molar-refractivity contribution is -0.138. The van der Waals surface area contributed by atoms with Crippen LogP contribution in [0.25, 0.3) is 33.4 Å². The summed E-state index contributed by atoms with van der Waals surface area (Å²) < 4.78 is 97.5. The Bertz CT molecular complexity index is 2140. The molecule has 0 aromatic heterocycles. The van der Waals surface area contributed by atoms with Gasteiger partial charge in [-0.15, -0.1) is 0 Å². The zero-order chi connectivity index (χ0) is 40.0. The summed E-state index contributed by atoms with van der Waals surface area (Å²) in [5, 5.41) is 10.0. The number of rotatable bonds is 24. The Hall–Kier alpha value is -3.94. The highest BCUT2D eigenvalue weighted by molar-refractivity contribution is 7.89. The number of hydrogen-bond acceptors (Lipinski definition) is 12. The van der Waals surface area contributed by atoms with Gasteiger partial charge >= 0.3 is 5.97 Å². The summed E-state index contributed by atoms with van der Waals surface area (Å²) in [4.78, 5) is 11.5. The van der Waals surface area contributed by atoms with Crippen molar-refractivity contribution in [2.45, 2.75) is 43.9 Å². The normalized spacial score (nSPS) is 12.1. The van der Waals surface area contributed by atoms with Crippen LogP contribution in [0.4, 0.5) is 5.69 Å². The van der Waals surface area contributed by atoms with E-state index in [1.54, 1.807) is 0 Å². The van der Waals surface area contributed by atoms with Crippen molar-refractivity contribution in [1.29, 1.82) is 0 Å². The average molecular weight is 806 g/mol. The van der Waals surface area contributed by atoms with Crippen molar-refractivity contribution in [3.05, 3.63) is 60.0 Å². The van der Waals surface area contributed by atoms with Crippen LogP contribution in [0, 0.1) is 0 Å². The van der Waals surface area contributed by atoms with Gasteiger partial charge in [0.25, 0.3) is 0 Å². The van der Waals surface area contributed by atoms with E-state index in [2.05, 4.69) is 14.2 Å². The van der Waals surface area contributed by atoms with Gasteiger partial charge in [-0.1, -0.05) is 6.07 Å². The van der Waals surface area contributed by atoms with Crippen molar-refractivity contribution >= 4 is 42.8 Å². The molecule has 0 unspecified atom stereocenters. The van der Waals surface area contributed by atoms with Gasteiger partial charge in [-0.05, 0) is 58.0 Å². The monoisotopic (exact) mass is 805 g/mol. The second-order valence-corrected chi connectivity index (χ2v) is 15.4. The van der Waals surface area contributed by atoms with Crippen molar-refractivity contribution in [1.82, 2.24) is 9.30 Å². The van der Waals surface area contributed by atoms with Crippen LogP contribution < -0.4 is 19.6 Å². The number of fused-ring (bicyclic) bond motifs is 2. The van der Waals surface area contributed by atoms with E-state index in [1.165, 1.54) is 12.1 Å². The fraction of sp³-hybridized carbons (Fsp3) is 0.474. The number of hydrogen-bond donors (Lipinski definition) is 2. The number of carbonyl (C=O) groups is 1. The second kappa shape index (κ2) is 20.8. The van der Waals surface area contributed by atoms with E-state index in [0.29, 0.717) is 47.7 Å². The van der Waals surface area contributed by atoms with Gasteiger partial charge in [0.05, 0.1) is 75.1 Å². The Morgan fingerprint density at radius 2 is 1.38 bits per heavy atom. The lowest BCUT2D eigenvalue weighted by atomic mass is 9.93. The predicted molar refractivity (Wildman–Crippen MR) is 207 cm³/mol. The standard InChI is InChI=1S/C38H51N3O12S2/c1-5-40(6-2)28-9-12-31-34(25-28)53-35-26-29(41(7-3)8-4)10-13-32(35)38(31)33-14-11-30(27-36(33)55(46,47)48)54(44,45)39-16-18-50-20-22-52-24-23-51-21-19-49-17-15-37(42)43/h9-14,25-27,39H,5-8,15-24H2,1-4H3,(H-,42,43,46,47,48). The number of ether oxygens (including phenoxy) is 4. The third-order valence-corrected chi connectivity index (χ3v) is 11.2. The van der Waals surface area contributed by atoms with E-state index in [-0.39, 0.29) is 56.5 Å². The molecule has 0 fully saturated rings. The average Bonchev–Trinajstić information content (AvgIpc) is 3.15. The molecule has 2 N–H and O–H groups in total. The predicted octanol–water partition coefficient (Wildman–Crippen LogP) is 3.59. The molecule has 0 bridgehead atoms. The summed E-state index contributed by atoms with van der Waals surface area (Å²) in [5.74, 6) is -0.448. The minimum absolute atomic E-state index is 0.00796. The van der Waals surface area contributed by atoms with Crippen molar-refractivity contribution in [2.24, 2.45) is 0 Å². The molecule has 0 atom stereocenters. The highest BCUT2D eigenvalue weighted by Gasteiger charge is 2.25. The molecule has 17 heteroatoms. The number of benzene rings is 3. The molecular formula is C38H51N3O12S2. The molecule has 0 spiro atoms. The molecule has 4 rings (SSSR count). The molecule has 302 valence electrons. The highest BCUT2D eigenvalue weighted by Crippen LogP contribution is 2.43. The van der Waals surface area contributed by atoms with Crippen LogP contribution in [-0.4, -0.2) is 118 Å². The number of anilines is 1. The molecule has 2 aromatic rings. The third kappa shape index (κ3) is 12.0. The van der Waals surface area contributed by atoms with Gasteiger partial charge in [-0.2, -0.15) is 0 Å². The lowest BCUT2D eigenvalue weighted by Gasteiger charge is -2.23. The Balaban J connectivity index is 1.51.